The number of ether oxygens (including phenoxy) is 3. The van der Waals surface area contributed by atoms with Crippen LogP contribution in [0.1, 0.15) is 112 Å². The van der Waals surface area contributed by atoms with Crippen LogP contribution in [-0.2, 0) is 36.9 Å². The highest BCUT2D eigenvalue weighted by Crippen LogP contribution is 2.37. The first-order chi connectivity index (χ1) is 35.4. The number of aromatic amines is 1. The third-order valence-electron chi connectivity index (χ3n) is 14.3. The number of amides is 3. The molecule has 5 N–H and O–H groups in total. The number of H-pyrrole nitrogens is 1. The maximum absolute atomic E-state index is 14.1. The number of thiazole rings is 1. The van der Waals surface area contributed by atoms with Crippen LogP contribution in [0.3, 0.4) is 0 Å². The van der Waals surface area contributed by atoms with Gasteiger partial charge in [-0.3, -0.25) is 19.2 Å². The number of aliphatic hydroxyl groups excluding tert-OH is 1. The summed E-state index contributed by atoms with van der Waals surface area (Å²) < 4.78 is 17.6. The van der Waals surface area contributed by atoms with Crippen molar-refractivity contribution < 1.29 is 33.7 Å². The summed E-state index contributed by atoms with van der Waals surface area (Å²) in [5.74, 6) is -0.472. The van der Waals surface area contributed by atoms with E-state index >= 15 is 0 Å². The molecule has 3 amide bonds. The van der Waals surface area contributed by atoms with Crippen LogP contribution in [0.2, 0.25) is 0 Å². The van der Waals surface area contributed by atoms with Gasteiger partial charge in [-0.15, -0.1) is 11.3 Å². The van der Waals surface area contributed by atoms with E-state index < -0.39 is 35.4 Å². The first-order valence-electron chi connectivity index (χ1n) is 26.2. The molecule has 2 aliphatic heterocycles. The summed E-state index contributed by atoms with van der Waals surface area (Å²) in [6.07, 6.45) is 2.56. The van der Waals surface area contributed by atoms with E-state index in [1.54, 1.807) is 11.3 Å². The highest BCUT2D eigenvalue weighted by atomic mass is 32.1. The molecule has 398 valence electrons. The fraction of sp³-hybridized carbons (Fsp3) is 0.500. The lowest BCUT2D eigenvalue weighted by Crippen LogP contribution is -2.58. The summed E-state index contributed by atoms with van der Waals surface area (Å²) in [6, 6.07) is 21.2. The van der Waals surface area contributed by atoms with E-state index in [1.165, 1.54) is 21.7 Å². The topological polar surface area (TPSA) is 187 Å². The van der Waals surface area contributed by atoms with Gasteiger partial charge in [-0.1, -0.05) is 57.2 Å². The van der Waals surface area contributed by atoms with Gasteiger partial charge in [0, 0.05) is 81.4 Å². The quantitative estimate of drug-likeness (QED) is 0.0421. The van der Waals surface area contributed by atoms with E-state index in [0.717, 1.165) is 88.0 Å². The summed E-state index contributed by atoms with van der Waals surface area (Å²) in [7, 11) is 0. The van der Waals surface area contributed by atoms with Gasteiger partial charge in [-0.25, -0.2) is 4.98 Å². The molecule has 2 aliphatic rings. The number of carbonyl (C=O) groups is 3. The summed E-state index contributed by atoms with van der Waals surface area (Å²) in [6.45, 7) is 21.7. The average Bonchev–Trinajstić information content (AvgIpc) is 4.00. The first kappa shape index (κ1) is 55.8. The number of rotatable bonds is 22. The predicted octanol–water partition coefficient (Wildman–Crippen LogP) is 8.24. The number of anilines is 1. The highest BCUT2D eigenvalue weighted by molar-refractivity contribution is 7.13. The van der Waals surface area contributed by atoms with Crippen LogP contribution in [0, 0.1) is 33.1 Å². The molecule has 0 saturated carbocycles. The highest BCUT2D eigenvalue weighted by Gasteiger charge is 2.44. The van der Waals surface area contributed by atoms with E-state index in [2.05, 4.69) is 75.9 Å². The maximum atomic E-state index is 14.1. The minimum absolute atomic E-state index is 0.00714. The number of aromatic nitrogens is 2. The Morgan fingerprint density at radius 1 is 0.946 bits per heavy atom. The summed E-state index contributed by atoms with van der Waals surface area (Å²) >= 11 is 1.58. The molecule has 4 atom stereocenters. The van der Waals surface area contributed by atoms with Crippen LogP contribution in [0.15, 0.2) is 77.0 Å². The SMILES string of the molecule is CCN(c1cc(-c2ccc(OCCCCOCC(=O)NC(C(=O)N3C[C@H](O)C[C@H]3C(=O)NCc3ccc(-c4scnc4C)cc3)C(C)(C)C)cc2)cc(C(C)NCc2c(C)cc(C)[nH]c2=O)c1C)C1CCOCC1. The molecule has 74 heavy (non-hydrogen) atoms. The Morgan fingerprint density at radius 3 is 2.31 bits per heavy atom. The Labute approximate surface area is 440 Å². The van der Waals surface area contributed by atoms with Crippen molar-refractivity contribution in [3.05, 3.63) is 122 Å². The van der Waals surface area contributed by atoms with Gasteiger partial charge in [-0.05, 0) is 142 Å². The molecule has 2 unspecified atom stereocenters. The Morgan fingerprint density at radius 2 is 1.65 bits per heavy atom. The lowest BCUT2D eigenvalue weighted by atomic mass is 9.85. The molecule has 3 aromatic carbocycles. The zero-order valence-electron chi connectivity index (χ0n) is 44.8. The minimum Gasteiger partial charge on any atom is -0.494 e. The van der Waals surface area contributed by atoms with Crippen LogP contribution < -0.4 is 31.1 Å². The van der Waals surface area contributed by atoms with Gasteiger partial charge < -0.3 is 50.1 Å². The van der Waals surface area contributed by atoms with E-state index in [-0.39, 0.29) is 43.6 Å². The van der Waals surface area contributed by atoms with Crippen LogP contribution in [0.5, 0.6) is 5.75 Å². The smallest absolute Gasteiger partial charge is 0.252 e. The van der Waals surface area contributed by atoms with Crippen molar-refractivity contribution in [3.8, 4) is 27.3 Å². The van der Waals surface area contributed by atoms with Crippen LogP contribution >= 0.6 is 11.3 Å². The van der Waals surface area contributed by atoms with Gasteiger partial charge in [0.15, 0.2) is 0 Å². The molecule has 2 fully saturated rings. The minimum atomic E-state index is -0.951. The maximum Gasteiger partial charge on any atom is 0.252 e. The fourth-order valence-corrected chi connectivity index (χ4v) is 10.9. The molecular formula is C58H77N7O8S. The van der Waals surface area contributed by atoms with Crippen molar-refractivity contribution in [3.63, 3.8) is 0 Å². The lowest BCUT2D eigenvalue weighted by molar-refractivity contribution is -0.144. The van der Waals surface area contributed by atoms with Crippen LogP contribution in [-0.4, -0.2) is 108 Å². The number of benzene rings is 3. The molecule has 0 spiro atoms. The number of carbonyl (C=O) groups excluding carboxylic acids is 3. The van der Waals surface area contributed by atoms with E-state index in [9.17, 15) is 24.3 Å². The standard InChI is InChI=1S/C58H77N7O8S/c1-10-64(45-21-25-71-26-22-45)50-29-44(28-48(38(50)4)39(5)59-32-49-36(2)27-37(3)62-55(49)68)42-17-19-47(20-18-42)73-24-12-11-23-72-34-52(67)63-54(58(7,8)9)57(70)65-33-46(66)30-51(65)56(69)60-31-41-13-15-43(16-14-41)53-40(6)61-35-74-53/h13-20,27-29,35,39,45-46,51,54,59,66H,10-12,21-26,30-34H2,1-9H3,(H,60,69)(H,62,68)(H,63,67)/t39?,46-,51+,54?/m1/s1. The summed E-state index contributed by atoms with van der Waals surface area (Å²) in [4.78, 5) is 66.0. The number of aryl methyl sites for hydroxylation is 3. The van der Waals surface area contributed by atoms with E-state index in [1.807, 2.05) is 89.5 Å². The van der Waals surface area contributed by atoms with E-state index in [0.29, 0.717) is 38.6 Å². The second-order valence-electron chi connectivity index (χ2n) is 21.0. The second-order valence-corrected chi connectivity index (χ2v) is 21.8. The van der Waals surface area contributed by atoms with Crippen LogP contribution in [0.4, 0.5) is 5.69 Å². The first-order valence-corrected chi connectivity index (χ1v) is 27.1. The molecule has 15 nitrogen and oxygen atoms in total. The molecule has 0 radical (unpaired) electrons. The monoisotopic (exact) mass is 1030 g/mol. The zero-order chi connectivity index (χ0) is 53.1. The van der Waals surface area contributed by atoms with Crippen molar-refractivity contribution in [1.82, 2.24) is 30.8 Å². The Bertz CT molecular complexity index is 2750. The molecule has 0 bridgehead atoms. The van der Waals surface area contributed by atoms with Gasteiger partial charge in [0.1, 0.15) is 24.4 Å². The normalized spacial score (nSPS) is 17.0. The molecule has 0 aliphatic carbocycles. The van der Waals surface area contributed by atoms with Gasteiger partial charge >= 0.3 is 0 Å². The molecule has 16 heteroatoms. The third-order valence-corrected chi connectivity index (χ3v) is 15.3. The van der Waals surface area contributed by atoms with Crippen molar-refractivity contribution >= 4 is 34.7 Å². The van der Waals surface area contributed by atoms with Gasteiger partial charge in [0.05, 0.1) is 28.8 Å². The van der Waals surface area contributed by atoms with Crippen LogP contribution in [0.25, 0.3) is 21.6 Å². The molecule has 5 aromatic rings. The second kappa shape index (κ2) is 25.6. The molecule has 7 rings (SSSR count). The molecular weight excluding hydrogens is 955 g/mol. The van der Waals surface area contributed by atoms with Gasteiger partial charge in [0.2, 0.25) is 17.7 Å². The number of unbranched alkanes of at least 4 members (excludes halogenated alkanes) is 1. The predicted molar refractivity (Wildman–Crippen MR) is 292 cm³/mol. The summed E-state index contributed by atoms with van der Waals surface area (Å²) in [5.41, 5.74) is 12.4. The molecule has 2 aromatic heterocycles. The lowest BCUT2D eigenvalue weighted by Gasteiger charge is -2.37. The fourth-order valence-electron chi connectivity index (χ4n) is 10.1. The Kier molecular flexibility index (Phi) is 19.3. The zero-order valence-corrected chi connectivity index (χ0v) is 45.6. The number of pyridine rings is 1. The number of nitrogens with zero attached hydrogens (tertiary/aromatic N) is 3. The largest absolute Gasteiger partial charge is 0.494 e. The van der Waals surface area contributed by atoms with Crippen molar-refractivity contribution in [2.75, 3.05) is 51.0 Å². The number of likely N-dealkylation sites (tertiary alicyclic amines) is 1. The Balaban J connectivity index is 0.887. The average molecular weight is 1030 g/mol. The molecule has 2 saturated heterocycles. The Hall–Kier alpha value is -5.91. The number of hydrogen-bond acceptors (Lipinski definition) is 12. The number of aliphatic hydroxyl groups is 1. The molecule has 4 heterocycles. The van der Waals surface area contributed by atoms with Crippen molar-refractivity contribution in [2.45, 2.75) is 138 Å². The number of nitrogens with one attached hydrogen (secondary N) is 4. The van der Waals surface area contributed by atoms with Crippen molar-refractivity contribution in [2.24, 2.45) is 5.41 Å². The number of hydrogen-bond donors (Lipinski definition) is 5. The van der Waals surface area contributed by atoms with E-state index in [4.69, 9.17) is 14.2 Å². The van der Waals surface area contributed by atoms with Gasteiger partial charge in [0.25, 0.3) is 5.56 Å². The van der Waals surface area contributed by atoms with Crippen molar-refractivity contribution in [1.29, 1.82) is 0 Å². The summed E-state index contributed by atoms with van der Waals surface area (Å²) in [5, 5.41) is 20.1. The third kappa shape index (κ3) is 14.3. The van der Waals surface area contributed by atoms with Gasteiger partial charge in [-0.2, -0.15) is 0 Å². The number of β-amino-alcohol motifs (C(OH)–C–C–N with tert-alkyl or cyclic N) is 1.